The Hall–Kier alpha value is -0.340. The first-order chi connectivity index (χ1) is 7.65. The molecule has 0 aromatic carbocycles. The average molecular weight is 224 g/mol. The topological polar surface area (TPSA) is 38.0 Å². The average Bonchev–Trinajstić information content (AvgIpc) is 2.80. The second-order valence-corrected chi connectivity index (χ2v) is 5.34. The van der Waals surface area contributed by atoms with Crippen molar-refractivity contribution >= 4 is 0 Å². The number of nitrogens with two attached hydrogens (primary N) is 1. The lowest BCUT2D eigenvalue weighted by Crippen LogP contribution is -2.55. The van der Waals surface area contributed by atoms with Crippen LogP contribution < -0.4 is 11.1 Å². The Morgan fingerprint density at radius 3 is 2.44 bits per heavy atom. The van der Waals surface area contributed by atoms with Gasteiger partial charge in [-0.3, -0.25) is 0 Å². The van der Waals surface area contributed by atoms with E-state index in [9.17, 15) is 0 Å². The molecule has 2 heteroatoms. The summed E-state index contributed by atoms with van der Waals surface area (Å²) < 4.78 is 0. The third kappa shape index (κ3) is 3.60. The zero-order valence-corrected chi connectivity index (χ0v) is 11.1. The quantitative estimate of drug-likeness (QED) is 0.653. The van der Waals surface area contributed by atoms with E-state index in [0.29, 0.717) is 6.04 Å². The lowest BCUT2D eigenvalue weighted by molar-refractivity contribution is 0.230. The van der Waals surface area contributed by atoms with Crippen molar-refractivity contribution in [2.45, 2.75) is 64.5 Å². The second-order valence-electron chi connectivity index (χ2n) is 5.34. The minimum Gasteiger partial charge on any atom is -0.329 e. The van der Waals surface area contributed by atoms with Crippen molar-refractivity contribution < 1.29 is 0 Å². The van der Waals surface area contributed by atoms with Crippen molar-refractivity contribution in [3.8, 4) is 0 Å². The molecular formula is C14H28N2. The molecule has 2 unspecified atom stereocenters. The molecular weight excluding hydrogens is 196 g/mol. The van der Waals surface area contributed by atoms with Gasteiger partial charge in [-0.2, -0.15) is 0 Å². The smallest absolute Gasteiger partial charge is 0.0306 e. The van der Waals surface area contributed by atoms with Crippen molar-refractivity contribution in [1.82, 2.24) is 5.32 Å². The molecule has 0 radical (unpaired) electrons. The fourth-order valence-electron chi connectivity index (χ4n) is 2.57. The maximum atomic E-state index is 6.02. The monoisotopic (exact) mass is 224 g/mol. The minimum atomic E-state index is 0.159. The molecule has 0 saturated carbocycles. The van der Waals surface area contributed by atoms with Crippen LogP contribution >= 0.6 is 0 Å². The summed E-state index contributed by atoms with van der Waals surface area (Å²) in [6, 6.07) is 0.618. The molecule has 0 fully saturated rings. The fraction of sp³-hybridized carbons (Fsp3) is 0.857. The third-order valence-electron chi connectivity index (χ3n) is 4.02. The zero-order chi connectivity index (χ0) is 12.0. The molecule has 94 valence electrons. The normalized spacial score (nSPS) is 22.2. The number of rotatable bonds is 7. The van der Waals surface area contributed by atoms with Crippen molar-refractivity contribution in [1.29, 1.82) is 0 Å². The van der Waals surface area contributed by atoms with Gasteiger partial charge < -0.3 is 11.1 Å². The van der Waals surface area contributed by atoms with E-state index in [4.69, 9.17) is 5.73 Å². The minimum absolute atomic E-state index is 0.159. The summed E-state index contributed by atoms with van der Waals surface area (Å²) >= 11 is 0. The van der Waals surface area contributed by atoms with Crippen LogP contribution in [0.5, 0.6) is 0 Å². The van der Waals surface area contributed by atoms with Crippen LogP contribution in [0.4, 0.5) is 0 Å². The van der Waals surface area contributed by atoms with Crippen LogP contribution in [0.15, 0.2) is 12.2 Å². The van der Waals surface area contributed by atoms with Gasteiger partial charge in [0.2, 0.25) is 0 Å². The number of hydrogen-bond acceptors (Lipinski definition) is 2. The Kier molecular flexibility index (Phi) is 5.50. The Morgan fingerprint density at radius 1 is 1.38 bits per heavy atom. The molecule has 0 aromatic rings. The summed E-state index contributed by atoms with van der Waals surface area (Å²) in [7, 11) is 0. The summed E-state index contributed by atoms with van der Waals surface area (Å²) in [6.07, 6.45) is 10.5. The first-order valence-corrected chi connectivity index (χ1v) is 6.78. The van der Waals surface area contributed by atoms with E-state index in [1.54, 1.807) is 0 Å². The molecule has 0 bridgehead atoms. The summed E-state index contributed by atoms with van der Waals surface area (Å²) in [5.74, 6) is 0.755. The number of hydrogen-bond donors (Lipinski definition) is 2. The molecule has 1 aliphatic rings. The van der Waals surface area contributed by atoms with Crippen LogP contribution in [0.2, 0.25) is 0 Å². The fourth-order valence-corrected chi connectivity index (χ4v) is 2.57. The molecule has 1 aliphatic carbocycles. The van der Waals surface area contributed by atoms with Gasteiger partial charge in [-0.25, -0.2) is 0 Å². The highest BCUT2D eigenvalue weighted by atomic mass is 15.0. The predicted octanol–water partition coefficient (Wildman–Crippen LogP) is 2.84. The zero-order valence-electron chi connectivity index (χ0n) is 11.1. The first kappa shape index (κ1) is 13.7. The maximum Gasteiger partial charge on any atom is 0.0306 e. The van der Waals surface area contributed by atoms with E-state index in [1.165, 1.54) is 25.7 Å². The van der Waals surface area contributed by atoms with Crippen molar-refractivity contribution in [2.24, 2.45) is 11.7 Å². The molecule has 0 aliphatic heterocycles. The predicted molar refractivity (Wildman–Crippen MR) is 71.4 cm³/mol. The Labute approximate surface area is 101 Å². The van der Waals surface area contributed by atoms with Gasteiger partial charge in [0.05, 0.1) is 0 Å². The highest BCUT2D eigenvalue weighted by Crippen LogP contribution is 2.24. The van der Waals surface area contributed by atoms with E-state index >= 15 is 0 Å². The van der Waals surface area contributed by atoms with Crippen molar-refractivity contribution in [3.05, 3.63) is 12.2 Å². The first-order valence-electron chi connectivity index (χ1n) is 6.78. The summed E-state index contributed by atoms with van der Waals surface area (Å²) in [5, 5.41) is 3.81. The van der Waals surface area contributed by atoms with Gasteiger partial charge in [0.25, 0.3) is 0 Å². The van der Waals surface area contributed by atoms with Crippen LogP contribution in [0.3, 0.4) is 0 Å². The van der Waals surface area contributed by atoms with E-state index in [-0.39, 0.29) is 5.54 Å². The molecule has 0 spiro atoms. The van der Waals surface area contributed by atoms with E-state index < -0.39 is 0 Å². The molecule has 0 aromatic heterocycles. The van der Waals surface area contributed by atoms with Crippen LogP contribution in [0.1, 0.15) is 52.9 Å². The summed E-state index contributed by atoms with van der Waals surface area (Å²) in [6.45, 7) is 7.60. The van der Waals surface area contributed by atoms with Crippen LogP contribution in [-0.4, -0.2) is 18.1 Å². The molecule has 0 heterocycles. The van der Waals surface area contributed by atoms with Crippen molar-refractivity contribution in [2.75, 3.05) is 6.54 Å². The van der Waals surface area contributed by atoms with Gasteiger partial charge in [0, 0.05) is 18.1 Å². The largest absolute Gasteiger partial charge is 0.329 e. The van der Waals surface area contributed by atoms with Gasteiger partial charge in [-0.15, -0.1) is 0 Å². The van der Waals surface area contributed by atoms with Gasteiger partial charge in [0.1, 0.15) is 0 Å². The van der Waals surface area contributed by atoms with Gasteiger partial charge >= 0.3 is 0 Å². The third-order valence-corrected chi connectivity index (χ3v) is 4.02. The molecule has 0 saturated heterocycles. The van der Waals surface area contributed by atoms with Gasteiger partial charge in [0.15, 0.2) is 0 Å². The Balaban J connectivity index is 2.55. The highest BCUT2D eigenvalue weighted by molar-refractivity contribution is 5.02. The lowest BCUT2D eigenvalue weighted by Gasteiger charge is -2.37. The molecule has 1 rings (SSSR count). The molecule has 0 amide bonds. The van der Waals surface area contributed by atoms with E-state index in [2.05, 4.69) is 38.2 Å². The van der Waals surface area contributed by atoms with Gasteiger partial charge in [-0.05, 0) is 31.6 Å². The van der Waals surface area contributed by atoms with Crippen LogP contribution in [0, 0.1) is 5.92 Å². The lowest BCUT2D eigenvalue weighted by atomic mass is 9.84. The highest BCUT2D eigenvalue weighted by Gasteiger charge is 2.30. The van der Waals surface area contributed by atoms with Crippen LogP contribution in [-0.2, 0) is 0 Å². The van der Waals surface area contributed by atoms with Crippen molar-refractivity contribution in [3.63, 3.8) is 0 Å². The standard InChI is InChI=1S/C14H28N2/c1-4-12(3)10-14(5-2,11-15)16-13-8-6-7-9-13/h6-7,12-13,16H,4-5,8-11,15H2,1-3H3. The molecule has 2 atom stereocenters. The molecule has 2 nitrogen and oxygen atoms in total. The van der Waals surface area contributed by atoms with E-state index in [0.717, 1.165) is 18.9 Å². The van der Waals surface area contributed by atoms with E-state index in [1.807, 2.05) is 0 Å². The van der Waals surface area contributed by atoms with Crippen LogP contribution in [0.25, 0.3) is 0 Å². The Bertz CT molecular complexity index is 211. The second kappa shape index (κ2) is 6.41. The summed E-state index contributed by atoms with van der Waals surface area (Å²) in [5.41, 5.74) is 6.18. The molecule has 3 N–H and O–H groups in total. The Morgan fingerprint density at radius 2 is 2.00 bits per heavy atom. The van der Waals surface area contributed by atoms with Gasteiger partial charge in [-0.1, -0.05) is 39.3 Å². The molecule has 16 heavy (non-hydrogen) atoms. The maximum absolute atomic E-state index is 6.02. The summed E-state index contributed by atoms with van der Waals surface area (Å²) in [4.78, 5) is 0. The number of nitrogens with one attached hydrogen (secondary N) is 1. The SMILES string of the molecule is CCC(C)CC(CC)(CN)NC1CC=CC1.